The Morgan fingerprint density at radius 1 is 0.950 bits per heavy atom. The van der Waals surface area contributed by atoms with Gasteiger partial charge < -0.3 is 29.0 Å². The van der Waals surface area contributed by atoms with Crippen LogP contribution >= 0.6 is 0 Å². The van der Waals surface area contributed by atoms with Crippen molar-refractivity contribution in [2.24, 2.45) is 0 Å². The molecule has 2 atom stereocenters. The molecule has 0 spiro atoms. The molecule has 8 heteroatoms. The summed E-state index contributed by atoms with van der Waals surface area (Å²) < 4.78 is 16.6. The first-order chi connectivity index (χ1) is 19.5. The number of benzene rings is 3. The second kappa shape index (κ2) is 10.6. The van der Waals surface area contributed by atoms with Crippen LogP contribution in [0.15, 0.2) is 66.7 Å². The van der Waals surface area contributed by atoms with Crippen molar-refractivity contribution in [1.29, 1.82) is 0 Å². The lowest BCUT2D eigenvalue weighted by atomic mass is 9.86. The summed E-state index contributed by atoms with van der Waals surface area (Å²) in [6.07, 6.45) is 1.13. The molecule has 2 aliphatic heterocycles. The first kappa shape index (κ1) is 25.8. The van der Waals surface area contributed by atoms with Crippen LogP contribution in [0.5, 0.6) is 17.2 Å². The maximum absolute atomic E-state index is 14.0. The minimum atomic E-state index is -0.591. The molecule has 0 radical (unpaired) electrons. The molecule has 2 aliphatic rings. The monoisotopic (exact) mass is 539 g/mol. The maximum atomic E-state index is 14.0. The van der Waals surface area contributed by atoms with E-state index >= 15 is 0 Å². The fourth-order valence-electron chi connectivity index (χ4n) is 6.04. The largest absolute Gasteiger partial charge is 0.497 e. The van der Waals surface area contributed by atoms with E-state index in [-0.39, 0.29) is 18.4 Å². The zero-order valence-corrected chi connectivity index (χ0v) is 23.0. The number of piperazine rings is 1. The summed E-state index contributed by atoms with van der Waals surface area (Å²) in [6.45, 7) is 2.96. The molecular formula is C32H33N3O5. The summed E-state index contributed by atoms with van der Waals surface area (Å²) in [5, 5.41) is 1.08. The first-order valence-electron chi connectivity index (χ1n) is 13.7. The van der Waals surface area contributed by atoms with Crippen LogP contribution in [-0.4, -0.2) is 66.6 Å². The van der Waals surface area contributed by atoms with Gasteiger partial charge in [-0.1, -0.05) is 36.4 Å². The quantitative estimate of drug-likeness (QED) is 0.356. The number of H-pyrrole nitrogens is 1. The van der Waals surface area contributed by atoms with Gasteiger partial charge in [0, 0.05) is 29.6 Å². The van der Waals surface area contributed by atoms with Gasteiger partial charge in [-0.2, -0.15) is 0 Å². The number of aromatic amines is 1. The Morgan fingerprint density at radius 2 is 1.75 bits per heavy atom. The zero-order valence-electron chi connectivity index (χ0n) is 23.0. The van der Waals surface area contributed by atoms with Crippen molar-refractivity contribution in [3.8, 4) is 17.2 Å². The van der Waals surface area contributed by atoms with E-state index in [2.05, 4.69) is 11.1 Å². The second-order valence-electron chi connectivity index (χ2n) is 10.2. The number of hydrogen-bond donors (Lipinski definition) is 1. The summed E-state index contributed by atoms with van der Waals surface area (Å²) in [5.41, 5.74) is 4.96. The molecule has 6 rings (SSSR count). The van der Waals surface area contributed by atoms with Crippen LogP contribution in [0.3, 0.4) is 0 Å². The topological polar surface area (TPSA) is 84.1 Å². The molecule has 0 bridgehead atoms. The number of ether oxygens (including phenoxy) is 3. The lowest BCUT2D eigenvalue weighted by Crippen LogP contribution is -2.63. The minimum Gasteiger partial charge on any atom is -0.497 e. The molecule has 0 saturated carbocycles. The van der Waals surface area contributed by atoms with Crippen LogP contribution in [0.2, 0.25) is 0 Å². The Hall–Kier alpha value is -4.46. The van der Waals surface area contributed by atoms with Gasteiger partial charge in [0.25, 0.3) is 0 Å². The minimum absolute atomic E-state index is 0.0213. The fourth-order valence-corrected chi connectivity index (χ4v) is 6.04. The molecular weight excluding hydrogens is 506 g/mol. The van der Waals surface area contributed by atoms with E-state index in [0.717, 1.165) is 39.0 Å². The molecule has 1 aromatic heterocycles. The van der Waals surface area contributed by atoms with Crippen LogP contribution in [0, 0.1) is 0 Å². The van der Waals surface area contributed by atoms with Crippen molar-refractivity contribution in [3.05, 3.63) is 89.1 Å². The number of hydrogen-bond acceptors (Lipinski definition) is 5. The van der Waals surface area contributed by atoms with E-state index in [1.165, 1.54) is 0 Å². The van der Waals surface area contributed by atoms with Crippen LogP contribution in [-0.2, 0) is 22.4 Å². The van der Waals surface area contributed by atoms with Gasteiger partial charge in [-0.05, 0) is 60.4 Å². The molecule has 3 heterocycles. The SMILES string of the molecule is CCOc1ccc(C2c3[nH]c4ccccc4c3CC3C(=O)N(CCc4ccc(OC)cc4)CC(=O)N32)cc1OC. The zero-order chi connectivity index (χ0) is 27.8. The number of carbonyl (C=O) groups excluding carboxylic acids is 2. The van der Waals surface area contributed by atoms with Gasteiger partial charge in [-0.15, -0.1) is 0 Å². The maximum Gasteiger partial charge on any atom is 0.246 e. The number of amides is 2. The van der Waals surface area contributed by atoms with E-state index < -0.39 is 12.1 Å². The van der Waals surface area contributed by atoms with Crippen molar-refractivity contribution in [2.45, 2.75) is 31.8 Å². The third-order valence-electron chi connectivity index (χ3n) is 7.98. The Bertz CT molecular complexity index is 1560. The first-order valence-corrected chi connectivity index (χ1v) is 13.7. The molecule has 3 aromatic carbocycles. The molecule has 40 heavy (non-hydrogen) atoms. The standard InChI is InChI=1S/C32H33N3O5/c1-4-40-27-14-11-21(17-28(27)39-3)31-30-24(23-7-5-6-8-25(23)33-30)18-26-32(37)34(19-29(36)35(26)31)16-15-20-9-12-22(38-2)13-10-20/h5-14,17,26,31,33H,4,15-16,18-19H2,1-3H3. The number of methoxy groups -OCH3 is 2. The average Bonchev–Trinajstić information content (AvgIpc) is 3.36. The summed E-state index contributed by atoms with van der Waals surface area (Å²) in [7, 11) is 3.24. The fraction of sp³-hybridized carbons (Fsp3) is 0.312. The van der Waals surface area contributed by atoms with Gasteiger partial charge >= 0.3 is 0 Å². The molecule has 4 aromatic rings. The number of nitrogens with one attached hydrogen (secondary N) is 1. The van der Waals surface area contributed by atoms with Gasteiger partial charge in [0.15, 0.2) is 11.5 Å². The number of fused-ring (bicyclic) bond motifs is 4. The lowest BCUT2D eigenvalue weighted by molar-refractivity contribution is -0.158. The Morgan fingerprint density at radius 3 is 2.50 bits per heavy atom. The molecule has 2 unspecified atom stereocenters. The van der Waals surface area contributed by atoms with Gasteiger partial charge in [-0.3, -0.25) is 9.59 Å². The van der Waals surface area contributed by atoms with E-state index in [1.54, 1.807) is 24.0 Å². The van der Waals surface area contributed by atoms with Crippen molar-refractivity contribution >= 4 is 22.7 Å². The van der Waals surface area contributed by atoms with E-state index in [9.17, 15) is 9.59 Å². The van der Waals surface area contributed by atoms with Crippen LogP contribution in [0.1, 0.15) is 35.3 Å². The molecule has 8 nitrogen and oxygen atoms in total. The summed E-state index contributed by atoms with van der Waals surface area (Å²) in [4.78, 5) is 34.9. The Labute approximate surface area is 233 Å². The predicted molar refractivity (Wildman–Crippen MR) is 152 cm³/mol. The Kier molecular flexibility index (Phi) is 6.84. The summed E-state index contributed by atoms with van der Waals surface area (Å²) in [5.74, 6) is 1.94. The molecule has 1 N–H and O–H groups in total. The number of aromatic nitrogens is 1. The van der Waals surface area contributed by atoms with Crippen molar-refractivity contribution in [2.75, 3.05) is 33.9 Å². The number of carbonyl (C=O) groups is 2. The number of rotatable bonds is 8. The van der Waals surface area contributed by atoms with Crippen molar-refractivity contribution in [3.63, 3.8) is 0 Å². The van der Waals surface area contributed by atoms with Crippen molar-refractivity contribution < 1.29 is 23.8 Å². The number of para-hydroxylation sites is 1. The highest BCUT2D eigenvalue weighted by Gasteiger charge is 2.48. The third-order valence-corrected chi connectivity index (χ3v) is 7.98. The third kappa shape index (κ3) is 4.43. The van der Waals surface area contributed by atoms with Crippen LogP contribution in [0.25, 0.3) is 10.9 Å². The van der Waals surface area contributed by atoms with E-state index in [1.807, 2.05) is 67.6 Å². The number of nitrogens with zero attached hydrogens (tertiary/aromatic N) is 2. The van der Waals surface area contributed by atoms with Gasteiger partial charge in [0.05, 0.1) is 33.4 Å². The molecule has 1 saturated heterocycles. The van der Waals surface area contributed by atoms with Gasteiger partial charge in [0.1, 0.15) is 11.8 Å². The smallest absolute Gasteiger partial charge is 0.246 e. The second-order valence-corrected chi connectivity index (χ2v) is 10.2. The lowest BCUT2D eigenvalue weighted by Gasteiger charge is -2.47. The normalized spacial score (nSPS) is 18.5. The molecule has 0 aliphatic carbocycles. The van der Waals surface area contributed by atoms with Gasteiger partial charge in [0.2, 0.25) is 11.8 Å². The van der Waals surface area contributed by atoms with E-state index in [4.69, 9.17) is 14.2 Å². The van der Waals surface area contributed by atoms with E-state index in [0.29, 0.717) is 37.5 Å². The molecule has 206 valence electrons. The van der Waals surface area contributed by atoms with Crippen LogP contribution in [0.4, 0.5) is 0 Å². The van der Waals surface area contributed by atoms with Crippen LogP contribution < -0.4 is 14.2 Å². The van der Waals surface area contributed by atoms with Gasteiger partial charge in [-0.25, -0.2) is 0 Å². The molecule has 2 amide bonds. The predicted octanol–water partition coefficient (Wildman–Crippen LogP) is 4.51. The highest BCUT2D eigenvalue weighted by atomic mass is 16.5. The summed E-state index contributed by atoms with van der Waals surface area (Å²) >= 11 is 0. The van der Waals surface area contributed by atoms with Crippen molar-refractivity contribution in [1.82, 2.24) is 14.8 Å². The Balaban J connectivity index is 1.37. The highest BCUT2D eigenvalue weighted by molar-refractivity contribution is 5.97. The highest BCUT2D eigenvalue weighted by Crippen LogP contribution is 2.44. The average molecular weight is 540 g/mol. The summed E-state index contributed by atoms with van der Waals surface area (Å²) in [6, 6.07) is 20.6. The molecule has 1 fully saturated rings.